The molecule has 1 heterocycles. The molecule has 0 aliphatic rings. The van der Waals surface area contributed by atoms with Crippen molar-refractivity contribution in [1.82, 2.24) is 0 Å². The van der Waals surface area contributed by atoms with Gasteiger partial charge in [0.05, 0.1) is 0 Å². The second-order valence-electron chi connectivity index (χ2n) is 4.90. The molecule has 0 spiro atoms. The molecule has 3 aromatic rings. The van der Waals surface area contributed by atoms with E-state index in [1.54, 1.807) is 30.3 Å². The van der Waals surface area contributed by atoms with Gasteiger partial charge in [-0.15, -0.1) is 0 Å². The molecule has 0 unspecified atom stereocenters. The zero-order valence-corrected chi connectivity index (χ0v) is 13.9. The summed E-state index contributed by atoms with van der Waals surface area (Å²) in [4.78, 5) is 24.3. The van der Waals surface area contributed by atoms with Crippen LogP contribution < -0.4 is 10.9 Å². The molecule has 4 nitrogen and oxygen atoms in total. The van der Waals surface area contributed by atoms with E-state index in [2.05, 4.69) is 27.9 Å². The lowest BCUT2D eigenvalue weighted by Gasteiger charge is -2.07. The molecule has 0 atom stereocenters. The summed E-state index contributed by atoms with van der Waals surface area (Å²) in [6.45, 7) is 1.99. The number of nitrogens with one attached hydrogen (secondary N) is 1. The van der Waals surface area contributed by atoms with Gasteiger partial charge in [0.1, 0.15) is 11.1 Å². The summed E-state index contributed by atoms with van der Waals surface area (Å²) in [6.07, 6.45) is 0. The summed E-state index contributed by atoms with van der Waals surface area (Å²) in [6, 6.07) is 14.2. The number of rotatable bonds is 2. The third-order valence-electron chi connectivity index (χ3n) is 3.32. The number of aryl methyl sites for hydroxylation is 1. The van der Waals surface area contributed by atoms with Crippen molar-refractivity contribution in [3.63, 3.8) is 0 Å². The molecule has 2 aromatic carbocycles. The second kappa shape index (κ2) is 5.92. The molecule has 3 rings (SSSR count). The van der Waals surface area contributed by atoms with E-state index in [4.69, 9.17) is 4.42 Å². The Bertz CT molecular complexity index is 931. The highest BCUT2D eigenvalue weighted by Gasteiger charge is 2.14. The molecule has 1 amide bonds. The highest BCUT2D eigenvalue weighted by Crippen LogP contribution is 2.18. The number of anilines is 1. The number of halogens is 1. The van der Waals surface area contributed by atoms with Crippen molar-refractivity contribution in [2.45, 2.75) is 6.92 Å². The number of para-hydroxylation sites is 1. The minimum absolute atomic E-state index is 0.00529. The highest BCUT2D eigenvalue weighted by atomic mass is 127. The van der Waals surface area contributed by atoms with E-state index in [0.29, 0.717) is 16.7 Å². The van der Waals surface area contributed by atoms with Gasteiger partial charge in [-0.25, -0.2) is 4.79 Å². The van der Waals surface area contributed by atoms with Crippen molar-refractivity contribution in [2.24, 2.45) is 0 Å². The van der Waals surface area contributed by atoms with Crippen LogP contribution in [0.25, 0.3) is 11.0 Å². The zero-order chi connectivity index (χ0) is 15.7. The lowest BCUT2D eigenvalue weighted by molar-refractivity contribution is 0.102. The Morgan fingerprint density at radius 3 is 2.68 bits per heavy atom. The fraction of sp³-hybridized carbons (Fsp3) is 0.0588. The zero-order valence-electron chi connectivity index (χ0n) is 11.7. The molecule has 0 bridgehead atoms. The highest BCUT2D eigenvalue weighted by molar-refractivity contribution is 14.1. The minimum Gasteiger partial charge on any atom is -0.422 e. The third-order valence-corrected chi connectivity index (χ3v) is 4.48. The molecule has 5 heteroatoms. The van der Waals surface area contributed by atoms with Gasteiger partial charge in [0, 0.05) is 14.6 Å². The molecule has 0 saturated heterocycles. The fourth-order valence-corrected chi connectivity index (χ4v) is 2.60. The molecule has 110 valence electrons. The number of carbonyl (C=O) groups excluding carboxylic acids is 1. The van der Waals surface area contributed by atoms with Crippen LogP contribution in [0.2, 0.25) is 0 Å². The van der Waals surface area contributed by atoms with Crippen molar-refractivity contribution < 1.29 is 9.21 Å². The maximum Gasteiger partial charge on any atom is 0.349 e. The van der Waals surface area contributed by atoms with Crippen LogP contribution in [0.3, 0.4) is 0 Å². The first-order valence-electron chi connectivity index (χ1n) is 6.65. The van der Waals surface area contributed by atoms with E-state index < -0.39 is 11.5 Å². The Balaban J connectivity index is 1.96. The Morgan fingerprint density at radius 2 is 1.91 bits per heavy atom. The topological polar surface area (TPSA) is 59.3 Å². The molecule has 1 aromatic heterocycles. The molecule has 0 radical (unpaired) electrons. The Labute approximate surface area is 140 Å². The van der Waals surface area contributed by atoms with Crippen LogP contribution in [0.4, 0.5) is 5.69 Å². The molecular weight excluding hydrogens is 393 g/mol. The van der Waals surface area contributed by atoms with E-state index in [1.165, 1.54) is 0 Å². The van der Waals surface area contributed by atoms with Crippen LogP contribution in [-0.2, 0) is 0 Å². The van der Waals surface area contributed by atoms with Crippen LogP contribution in [-0.4, -0.2) is 5.91 Å². The number of carbonyl (C=O) groups is 1. The number of hydrogen-bond acceptors (Lipinski definition) is 3. The standard InChI is InChI=1S/C17H12INO3/c1-10-6-7-12(9-14(10)18)19-16(20)13-8-11-4-2-3-5-15(11)22-17(13)21/h2-9H,1H3,(H,19,20). The normalized spacial score (nSPS) is 10.6. The van der Waals surface area contributed by atoms with Crippen molar-refractivity contribution in [1.29, 1.82) is 0 Å². The van der Waals surface area contributed by atoms with E-state index in [1.807, 2.05) is 25.1 Å². The summed E-state index contributed by atoms with van der Waals surface area (Å²) in [7, 11) is 0. The van der Waals surface area contributed by atoms with Crippen LogP contribution in [0, 0.1) is 10.5 Å². The van der Waals surface area contributed by atoms with Crippen molar-refractivity contribution in [3.05, 3.63) is 73.6 Å². The van der Waals surface area contributed by atoms with Gasteiger partial charge in [0.25, 0.3) is 5.91 Å². The average Bonchev–Trinajstić information content (AvgIpc) is 2.50. The van der Waals surface area contributed by atoms with Crippen molar-refractivity contribution in [2.75, 3.05) is 5.32 Å². The van der Waals surface area contributed by atoms with Gasteiger partial charge in [0.15, 0.2) is 0 Å². The first kappa shape index (κ1) is 14.8. The second-order valence-corrected chi connectivity index (χ2v) is 6.07. The molecule has 0 aliphatic heterocycles. The first-order valence-corrected chi connectivity index (χ1v) is 7.73. The van der Waals surface area contributed by atoms with E-state index in [-0.39, 0.29) is 5.56 Å². The number of benzene rings is 2. The van der Waals surface area contributed by atoms with Gasteiger partial charge in [-0.05, 0) is 59.3 Å². The van der Waals surface area contributed by atoms with Crippen molar-refractivity contribution >= 4 is 45.2 Å². The van der Waals surface area contributed by atoms with Gasteiger partial charge in [0.2, 0.25) is 0 Å². The van der Waals surface area contributed by atoms with Crippen LogP contribution in [0.15, 0.2) is 57.7 Å². The van der Waals surface area contributed by atoms with Gasteiger partial charge in [-0.2, -0.15) is 0 Å². The SMILES string of the molecule is Cc1ccc(NC(=O)c2cc3ccccc3oc2=O)cc1I. The Hall–Kier alpha value is -2.15. The fourth-order valence-electron chi connectivity index (χ4n) is 2.09. The Kier molecular flexibility index (Phi) is 3.98. The number of amides is 1. The Morgan fingerprint density at radius 1 is 1.14 bits per heavy atom. The predicted octanol–water partition coefficient (Wildman–Crippen LogP) is 3.96. The summed E-state index contributed by atoms with van der Waals surface area (Å²) in [5, 5.41) is 3.44. The molecule has 22 heavy (non-hydrogen) atoms. The lowest BCUT2D eigenvalue weighted by atomic mass is 10.1. The molecule has 0 saturated carbocycles. The van der Waals surface area contributed by atoms with Gasteiger partial charge in [-0.1, -0.05) is 24.3 Å². The number of hydrogen-bond donors (Lipinski definition) is 1. The average molecular weight is 405 g/mol. The molecule has 0 aliphatic carbocycles. The minimum atomic E-state index is -0.641. The molecular formula is C17H12INO3. The maximum absolute atomic E-state index is 12.3. The lowest BCUT2D eigenvalue weighted by Crippen LogP contribution is -2.20. The van der Waals surface area contributed by atoms with Gasteiger partial charge >= 0.3 is 5.63 Å². The largest absolute Gasteiger partial charge is 0.422 e. The summed E-state index contributed by atoms with van der Waals surface area (Å²) >= 11 is 2.20. The number of fused-ring (bicyclic) bond motifs is 1. The van der Waals surface area contributed by atoms with E-state index in [0.717, 1.165) is 9.13 Å². The summed E-state index contributed by atoms with van der Waals surface area (Å²) < 4.78 is 6.22. The van der Waals surface area contributed by atoms with Gasteiger partial charge in [-0.3, -0.25) is 4.79 Å². The van der Waals surface area contributed by atoms with E-state index >= 15 is 0 Å². The monoisotopic (exact) mass is 405 g/mol. The van der Waals surface area contributed by atoms with Crippen LogP contribution in [0.5, 0.6) is 0 Å². The smallest absolute Gasteiger partial charge is 0.349 e. The van der Waals surface area contributed by atoms with Crippen LogP contribution in [0.1, 0.15) is 15.9 Å². The quantitative estimate of drug-likeness (QED) is 0.519. The van der Waals surface area contributed by atoms with Gasteiger partial charge < -0.3 is 9.73 Å². The summed E-state index contributed by atoms with van der Waals surface area (Å²) in [5.74, 6) is -0.473. The maximum atomic E-state index is 12.3. The predicted molar refractivity (Wildman–Crippen MR) is 94.3 cm³/mol. The third kappa shape index (κ3) is 2.89. The summed E-state index contributed by atoms with van der Waals surface area (Å²) in [5.41, 5.74) is 1.60. The van der Waals surface area contributed by atoms with Crippen LogP contribution >= 0.6 is 22.6 Å². The molecule has 0 fully saturated rings. The van der Waals surface area contributed by atoms with E-state index in [9.17, 15) is 9.59 Å². The molecule has 1 N–H and O–H groups in total. The van der Waals surface area contributed by atoms with Crippen molar-refractivity contribution in [3.8, 4) is 0 Å². The first-order chi connectivity index (χ1) is 10.5.